The Kier molecular flexibility index (Phi) is 4.01. The fraction of sp³-hybridized carbons (Fsp3) is 0.462. The van der Waals surface area contributed by atoms with Crippen molar-refractivity contribution in [1.82, 2.24) is 5.32 Å². The van der Waals surface area contributed by atoms with Crippen LogP contribution in [-0.4, -0.2) is 39.5 Å². The van der Waals surface area contributed by atoms with Crippen LogP contribution in [-0.2, 0) is 0 Å². The van der Waals surface area contributed by atoms with Crippen LogP contribution in [0.1, 0.15) is 29.6 Å². The van der Waals surface area contributed by atoms with Gasteiger partial charge >= 0.3 is 0 Å². The average Bonchev–Trinajstić information content (AvgIpc) is 2.38. The molecule has 2 rings (SSSR count). The molecule has 0 unspecified atom stereocenters. The molecule has 104 valence electrons. The second-order valence-corrected chi connectivity index (χ2v) is 4.70. The maximum atomic E-state index is 13.1. The lowest BCUT2D eigenvalue weighted by Crippen LogP contribution is -2.51. The predicted molar refractivity (Wildman–Crippen MR) is 65.2 cm³/mol. The maximum absolute atomic E-state index is 13.1. The zero-order chi connectivity index (χ0) is 14.0. The third kappa shape index (κ3) is 2.85. The van der Waals surface area contributed by atoms with Crippen molar-refractivity contribution in [1.29, 1.82) is 0 Å². The first-order chi connectivity index (χ1) is 9.00. The number of hydrogen-bond donors (Lipinski definition) is 4. The Bertz CT molecular complexity index is 480. The van der Waals surface area contributed by atoms with E-state index >= 15 is 0 Å². The lowest BCUT2D eigenvalue weighted by atomic mass is 9.90. The summed E-state index contributed by atoms with van der Waals surface area (Å²) in [5.41, 5.74) is -0.188. The summed E-state index contributed by atoms with van der Waals surface area (Å²) in [6, 6.07) is 3.06. The molecular formula is C13H16FNO4. The van der Waals surface area contributed by atoms with E-state index in [0.717, 1.165) is 6.07 Å². The molecule has 4 N–H and O–H groups in total. The predicted octanol–water partition coefficient (Wildman–Crippen LogP) is 0.535. The number of para-hydroxylation sites is 1. The molecule has 1 amide bonds. The first-order valence-electron chi connectivity index (χ1n) is 6.15. The van der Waals surface area contributed by atoms with Crippen LogP contribution < -0.4 is 5.32 Å². The van der Waals surface area contributed by atoms with E-state index in [1.807, 2.05) is 0 Å². The minimum absolute atomic E-state index is 0.188. The fourth-order valence-electron chi connectivity index (χ4n) is 2.26. The van der Waals surface area contributed by atoms with E-state index in [1.54, 1.807) is 0 Å². The zero-order valence-electron chi connectivity index (χ0n) is 10.2. The molecule has 1 saturated carbocycles. The summed E-state index contributed by atoms with van der Waals surface area (Å²) in [5, 5.41) is 31.3. The van der Waals surface area contributed by atoms with Crippen molar-refractivity contribution in [2.75, 3.05) is 0 Å². The molecule has 3 atom stereocenters. The number of carbonyl (C=O) groups is 1. The molecule has 1 aliphatic carbocycles. The lowest BCUT2D eigenvalue weighted by molar-refractivity contribution is -0.0278. The number of aromatic hydroxyl groups is 1. The van der Waals surface area contributed by atoms with Crippen LogP contribution in [0.5, 0.6) is 5.75 Å². The highest BCUT2D eigenvalue weighted by Gasteiger charge is 2.32. The van der Waals surface area contributed by atoms with Crippen LogP contribution in [0.2, 0.25) is 0 Å². The number of halogens is 1. The van der Waals surface area contributed by atoms with E-state index in [1.165, 1.54) is 12.1 Å². The number of aliphatic hydroxyl groups excluding tert-OH is 2. The highest BCUT2D eigenvalue weighted by molar-refractivity contribution is 5.97. The molecule has 1 aliphatic rings. The van der Waals surface area contributed by atoms with Crippen LogP contribution in [0.4, 0.5) is 4.39 Å². The van der Waals surface area contributed by atoms with Gasteiger partial charge in [0.15, 0.2) is 11.6 Å². The van der Waals surface area contributed by atoms with E-state index in [0.29, 0.717) is 19.3 Å². The normalized spacial score (nSPS) is 27.0. The average molecular weight is 269 g/mol. The monoisotopic (exact) mass is 269 g/mol. The SMILES string of the molecule is O=C(N[C@@H]1CCC[C@@H](O)[C@@H]1O)c1cccc(F)c1O. The minimum Gasteiger partial charge on any atom is -0.504 e. The van der Waals surface area contributed by atoms with Crippen LogP contribution in [0, 0.1) is 5.82 Å². The molecular weight excluding hydrogens is 253 g/mol. The van der Waals surface area contributed by atoms with Gasteiger partial charge in [0.05, 0.1) is 23.8 Å². The molecule has 0 saturated heterocycles. The number of benzene rings is 1. The van der Waals surface area contributed by atoms with Gasteiger partial charge in [-0.25, -0.2) is 4.39 Å². The second kappa shape index (κ2) is 5.54. The molecule has 0 aliphatic heterocycles. The third-order valence-corrected chi connectivity index (χ3v) is 3.37. The van der Waals surface area contributed by atoms with Gasteiger partial charge in [0.25, 0.3) is 5.91 Å². The summed E-state index contributed by atoms with van der Waals surface area (Å²) in [7, 11) is 0. The number of amides is 1. The Morgan fingerprint density at radius 3 is 2.79 bits per heavy atom. The minimum atomic E-state index is -1.05. The Morgan fingerprint density at radius 2 is 2.05 bits per heavy atom. The van der Waals surface area contributed by atoms with Gasteiger partial charge in [0.2, 0.25) is 0 Å². The summed E-state index contributed by atoms with van der Waals surface area (Å²) in [5.74, 6) is -2.27. The summed E-state index contributed by atoms with van der Waals surface area (Å²) in [6.07, 6.45) is -0.231. The lowest BCUT2D eigenvalue weighted by Gasteiger charge is -2.32. The molecule has 0 bridgehead atoms. The Labute approximate surface area is 109 Å². The maximum Gasteiger partial charge on any atom is 0.255 e. The number of phenolic OH excluding ortho intramolecular Hbond substituents is 1. The van der Waals surface area contributed by atoms with Crippen molar-refractivity contribution in [3.05, 3.63) is 29.6 Å². The van der Waals surface area contributed by atoms with Crippen molar-refractivity contribution < 1.29 is 24.5 Å². The van der Waals surface area contributed by atoms with Crippen molar-refractivity contribution in [2.45, 2.75) is 37.5 Å². The zero-order valence-corrected chi connectivity index (χ0v) is 10.2. The van der Waals surface area contributed by atoms with Crippen LogP contribution >= 0.6 is 0 Å². The van der Waals surface area contributed by atoms with Gasteiger partial charge in [-0.2, -0.15) is 0 Å². The van der Waals surface area contributed by atoms with Crippen LogP contribution in [0.3, 0.4) is 0 Å². The van der Waals surface area contributed by atoms with Gasteiger partial charge in [-0.15, -0.1) is 0 Å². The Morgan fingerprint density at radius 1 is 1.32 bits per heavy atom. The highest BCUT2D eigenvalue weighted by atomic mass is 19.1. The number of aliphatic hydroxyl groups is 2. The molecule has 1 fully saturated rings. The Balaban J connectivity index is 2.10. The Hall–Kier alpha value is -1.66. The van der Waals surface area contributed by atoms with E-state index in [4.69, 9.17) is 0 Å². The summed E-state index contributed by atoms with van der Waals surface area (Å²) >= 11 is 0. The van der Waals surface area contributed by atoms with Gasteiger partial charge in [-0.05, 0) is 31.4 Å². The van der Waals surface area contributed by atoms with E-state index in [9.17, 15) is 24.5 Å². The number of hydrogen-bond acceptors (Lipinski definition) is 4. The molecule has 6 heteroatoms. The number of carbonyl (C=O) groups excluding carboxylic acids is 1. The highest BCUT2D eigenvalue weighted by Crippen LogP contribution is 2.23. The molecule has 1 aromatic carbocycles. The largest absolute Gasteiger partial charge is 0.504 e. The van der Waals surface area contributed by atoms with Gasteiger partial charge in [-0.3, -0.25) is 4.79 Å². The fourth-order valence-corrected chi connectivity index (χ4v) is 2.26. The van der Waals surface area contributed by atoms with Gasteiger partial charge in [-0.1, -0.05) is 6.07 Å². The first-order valence-corrected chi connectivity index (χ1v) is 6.15. The summed E-state index contributed by atoms with van der Waals surface area (Å²) in [4.78, 5) is 11.9. The number of nitrogens with one attached hydrogen (secondary N) is 1. The summed E-state index contributed by atoms with van der Waals surface area (Å²) in [6.45, 7) is 0. The molecule has 0 spiro atoms. The molecule has 5 nitrogen and oxygen atoms in total. The van der Waals surface area contributed by atoms with Crippen LogP contribution in [0.15, 0.2) is 18.2 Å². The smallest absolute Gasteiger partial charge is 0.255 e. The first kappa shape index (κ1) is 13.8. The molecule has 1 aromatic rings. The van der Waals surface area contributed by atoms with Crippen molar-refractivity contribution in [2.24, 2.45) is 0 Å². The number of phenols is 1. The van der Waals surface area contributed by atoms with E-state index in [-0.39, 0.29) is 5.56 Å². The topological polar surface area (TPSA) is 89.8 Å². The van der Waals surface area contributed by atoms with E-state index in [2.05, 4.69) is 5.32 Å². The quantitative estimate of drug-likeness (QED) is 0.630. The summed E-state index contributed by atoms with van der Waals surface area (Å²) < 4.78 is 13.1. The molecule has 0 aromatic heterocycles. The van der Waals surface area contributed by atoms with Gasteiger partial charge < -0.3 is 20.6 Å². The molecule has 19 heavy (non-hydrogen) atoms. The van der Waals surface area contributed by atoms with Crippen molar-refractivity contribution in [3.63, 3.8) is 0 Å². The van der Waals surface area contributed by atoms with Crippen LogP contribution in [0.25, 0.3) is 0 Å². The van der Waals surface area contributed by atoms with Crippen molar-refractivity contribution in [3.8, 4) is 5.75 Å². The van der Waals surface area contributed by atoms with Gasteiger partial charge in [0, 0.05) is 0 Å². The molecule has 0 radical (unpaired) electrons. The van der Waals surface area contributed by atoms with Crippen molar-refractivity contribution >= 4 is 5.91 Å². The van der Waals surface area contributed by atoms with E-state index < -0.39 is 35.7 Å². The third-order valence-electron chi connectivity index (χ3n) is 3.37. The standard InChI is InChI=1S/C13H16FNO4/c14-8-4-1-3-7(11(8)17)13(19)15-9-5-2-6-10(16)12(9)18/h1,3-4,9-10,12,16-18H,2,5-6H2,(H,15,19)/t9-,10-,12-/m1/s1. The molecule has 0 heterocycles. The number of rotatable bonds is 2. The van der Waals surface area contributed by atoms with Gasteiger partial charge in [0.1, 0.15) is 0 Å². The second-order valence-electron chi connectivity index (χ2n) is 4.70.